The summed E-state index contributed by atoms with van der Waals surface area (Å²) in [6.07, 6.45) is -1.10. The van der Waals surface area contributed by atoms with Crippen molar-refractivity contribution in [3.63, 3.8) is 0 Å². The van der Waals surface area contributed by atoms with Crippen LogP contribution in [0.2, 0.25) is 0 Å². The maximum absolute atomic E-state index is 12.0. The van der Waals surface area contributed by atoms with Gasteiger partial charge in [-0.25, -0.2) is 4.79 Å². The van der Waals surface area contributed by atoms with Crippen molar-refractivity contribution in [3.8, 4) is 0 Å². The maximum atomic E-state index is 12.0. The zero-order valence-corrected chi connectivity index (χ0v) is 11.9. The van der Waals surface area contributed by atoms with Crippen LogP contribution in [0.3, 0.4) is 0 Å². The second-order valence-corrected chi connectivity index (χ2v) is 5.16. The Balaban J connectivity index is 2.01. The molecule has 2 aromatic rings. The van der Waals surface area contributed by atoms with Crippen molar-refractivity contribution in [2.24, 2.45) is 5.92 Å². The lowest BCUT2D eigenvalue weighted by Crippen LogP contribution is -2.46. The highest BCUT2D eigenvalue weighted by Crippen LogP contribution is 2.18. The fourth-order valence-corrected chi connectivity index (χ4v) is 2.00. The lowest BCUT2D eigenvalue weighted by atomic mass is 10.0. The highest BCUT2D eigenvalue weighted by Gasteiger charge is 2.18. The summed E-state index contributed by atoms with van der Waals surface area (Å²) in [7, 11) is 0. The van der Waals surface area contributed by atoms with Crippen LogP contribution in [0.5, 0.6) is 0 Å². The average Bonchev–Trinajstić information content (AvgIpc) is 2.86. The van der Waals surface area contributed by atoms with Gasteiger partial charge in [-0.2, -0.15) is 0 Å². The number of hydrogen-bond acceptors (Lipinski definition) is 3. The molecule has 0 aliphatic rings. The zero-order chi connectivity index (χ0) is 15.4. The molecule has 2 rings (SSSR count). The van der Waals surface area contributed by atoms with Crippen molar-refractivity contribution in [2.45, 2.75) is 19.9 Å². The molecule has 1 aromatic carbocycles. The van der Waals surface area contributed by atoms with E-state index in [0.717, 1.165) is 5.39 Å². The van der Waals surface area contributed by atoms with Crippen LogP contribution in [0.25, 0.3) is 11.0 Å². The maximum Gasteiger partial charge on any atom is 0.404 e. The second-order valence-electron chi connectivity index (χ2n) is 5.16. The third-order valence-electron chi connectivity index (χ3n) is 3.25. The Morgan fingerprint density at radius 3 is 2.62 bits per heavy atom. The van der Waals surface area contributed by atoms with Gasteiger partial charge in [0.05, 0.1) is 6.04 Å². The highest BCUT2D eigenvalue weighted by atomic mass is 16.4. The quantitative estimate of drug-likeness (QED) is 0.788. The molecular formula is C15H18N2O4. The van der Waals surface area contributed by atoms with Crippen LogP contribution in [0, 0.1) is 5.92 Å². The van der Waals surface area contributed by atoms with E-state index in [1.807, 2.05) is 32.0 Å². The number of carbonyl (C=O) groups is 2. The molecule has 1 heterocycles. The summed E-state index contributed by atoms with van der Waals surface area (Å²) < 4.78 is 5.45. The van der Waals surface area contributed by atoms with Crippen LogP contribution in [-0.4, -0.2) is 29.7 Å². The summed E-state index contributed by atoms with van der Waals surface area (Å²) in [5.41, 5.74) is 0.645. The van der Waals surface area contributed by atoms with Gasteiger partial charge in [0, 0.05) is 11.9 Å². The van der Waals surface area contributed by atoms with E-state index in [-0.39, 0.29) is 30.2 Å². The first-order chi connectivity index (χ1) is 9.97. The Hall–Kier alpha value is -2.50. The molecule has 0 unspecified atom stereocenters. The minimum Gasteiger partial charge on any atom is -0.465 e. The van der Waals surface area contributed by atoms with E-state index in [9.17, 15) is 9.59 Å². The van der Waals surface area contributed by atoms with Crippen molar-refractivity contribution < 1.29 is 19.1 Å². The Kier molecular flexibility index (Phi) is 4.47. The average molecular weight is 290 g/mol. The molecule has 112 valence electrons. The van der Waals surface area contributed by atoms with Gasteiger partial charge in [-0.05, 0) is 18.1 Å². The predicted molar refractivity (Wildman–Crippen MR) is 78.3 cm³/mol. The number of fused-ring (bicyclic) bond motifs is 1. The van der Waals surface area contributed by atoms with Gasteiger partial charge >= 0.3 is 6.09 Å². The number of furan rings is 1. The van der Waals surface area contributed by atoms with Crippen molar-refractivity contribution in [1.82, 2.24) is 10.6 Å². The first-order valence-corrected chi connectivity index (χ1v) is 6.73. The summed E-state index contributed by atoms with van der Waals surface area (Å²) in [5, 5.41) is 14.7. The van der Waals surface area contributed by atoms with Gasteiger partial charge in [-0.1, -0.05) is 32.0 Å². The summed E-state index contributed by atoms with van der Waals surface area (Å²) in [4.78, 5) is 22.8. The van der Waals surface area contributed by atoms with Crippen molar-refractivity contribution in [3.05, 3.63) is 36.1 Å². The second kappa shape index (κ2) is 6.30. The van der Waals surface area contributed by atoms with Crippen molar-refractivity contribution in [2.75, 3.05) is 6.54 Å². The molecule has 0 aliphatic heterocycles. The number of para-hydroxylation sites is 1. The Labute approximate surface area is 122 Å². The number of rotatable bonds is 5. The standard InChI is InChI=1S/C15H18N2O4/c1-9(2)11(17-15(19)20)8-16-14(18)13-7-10-5-3-4-6-12(10)21-13/h3-7,9,11,17H,8H2,1-2H3,(H,16,18)(H,19,20)/t11-/m1/s1. The van der Waals surface area contributed by atoms with Gasteiger partial charge in [-0.3, -0.25) is 4.79 Å². The lowest BCUT2D eigenvalue weighted by Gasteiger charge is -2.20. The third kappa shape index (κ3) is 3.75. The molecule has 0 saturated carbocycles. The van der Waals surface area contributed by atoms with E-state index in [2.05, 4.69) is 10.6 Å². The molecule has 0 fully saturated rings. The highest BCUT2D eigenvalue weighted by molar-refractivity contribution is 5.96. The molecule has 1 aromatic heterocycles. The van der Waals surface area contributed by atoms with Crippen molar-refractivity contribution >= 4 is 23.0 Å². The summed E-state index contributed by atoms with van der Waals surface area (Å²) in [6, 6.07) is 8.66. The minimum absolute atomic E-state index is 0.0667. The summed E-state index contributed by atoms with van der Waals surface area (Å²) in [6.45, 7) is 3.97. The molecule has 21 heavy (non-hydrogen) atoms. The molecule has 0 bridgehead atoms. The van der Waals surface area contributed by atoms with E-state index >= 15 is 0 Å². The molecule has 6 heteroatoms. The Morgan fingerprint density at radius 1 is 1.29 bits per heavy atom. The van der Waals surface area contributed by atoms with Gasteiger partial charge in [0.25, 0.3) is 5.91 Å². The zero-order valence-electron chi connectivity index (χ0n) is 11.9. The normalized spacial score (nSPS) is 12.3. The number of amides is 2. The van der Waals surface area contributed by atoms with E-state index < -0.39 is 6.09 Å². The van der Waals surface area contributed by atoms with E-state index in [0.29, 0.717) is 5.58 Å². The van der Waals surface area contributed by atoms with Gasteiger partial charge in [0.1, 0.15) is 5.58 Å². The summed E-state index contributed by atoms with van der Waals surface area (Å²) >= 11 is 0. The number of benzene rings is 1. The molecule has 6 nitrogen and oxygen atoms in total. The van der Waals surface area contributed by atoms with E-state index in [4.69, 9.17) is 9.52 Å². The largest absolute Gasteiger partial charge is 0.465 e. The first kappa shape index (κ1) is 14.9. The molecule has 0 aliphatic carbocycles. The van der Waals surface area contributed by atoms with Crippen LogP contribution in [0.4, 0.5) is 4.79 Å². The molecule has 0 spiro atoms. The number of nitrogens with one attached hydrogen (secondary N) is 2. The van der Waals surface area contributed by atoms with E-state index in [1.54, 1.807) is 12.1 Å². The molecule has 0 saturated heterocycles. The summed E-state index contributed by atoms with van der Waals surface area (Å²) in [5.74, 6) is -0.0739. The first-order valence-electron chi connectivity index (χ1n) is 6.73. The van der Waals surface area contributed by atoms with Crippen LogP contribution < -0.4 is 10.6 Å². The Bertz CT molecular complexity index is 615. The fraction of sp³-hybridized carbons (Fsp3) is 0.333. The van der Waals surface area contributed by atoms with Crippen LogP contribution >= 0.6 is 0 Å². The van der Waals surface area contributed by atoms with Gasteiger partial charge in [-0.15, -0.1) is 0 Å². The monoisotopic (exact) mass is 290 g/mol. The van der Waals surface area contributed by atoms with E-state index in [1.165, 1.54) is 0 Å². The van der Waals surface area contributed by atoms with Crippen LogP contribution in [0.1, 0.15) is 24.4 Å². The fourth-order valence-electron chi connectivity index (χ4n) is 2.00. The number of hydrogen-bond donors (Lipinski definition) is 3. The molecule has 2 amide bonds. The third-order valence-corrected chi connectivity index (χ3v) is 3.25. The lowest BCUT2D eigenvalue weighted by molar-refractivity contribution is 0.0919. The van der Waals surface area contributed by atoms with Crippen molar-refractivity contribution in [1.29, 1.82) is 0 Å². The van der Waals surface area contributed by atoms with Gasteiger partial charge < -0.3 is 20.2 Å². The molecule has 1 atom stereocenters. The topological polar surface area (TPSA) is 91.6 Å². The SMILES string of the molecule is CC(C)[C@@H](CNC(=O)c1cc2ccccc2o1)NC(=O)O. The smallest absolute Gasteiger partial charge is 0.404 e. The molecular weight excluding hydrogens is 272 g/mol. The van der Waals surface area contributed by atoms with Gasteiger partial charge in [0.15, 0.2) is 5.76 Å². The molecule has 0 radical (unpaired) electrons. The molecule has 3 N–H and O–H groups in total. The number of carbonyl (C=O) groups excluding carboxylic acids is 1. The number of carboxylic acid groups (broad SMARTS) is 1. The Morgan fingerprint density at radius 2 is 2.00 bits per heavy atom. The van der Waals surface area contributed by atoms with Crippen LogP contribution in [-0.2, 0) is 0 Å². The minimum atomic E-state index is -1.10. The predicted octanol–water partition coefficient (Wildman–Crippen LogP) is 2.45. The van der Waals surface area contributed by atoms with Gasteiger partial charge in [0.2, 0.25) is 0 Å². The van der Waals surface area contributed by atoms with Crippen LogP contribution in [0.15, 0.2) is 34.7 Å².